The highest BCUT2D eigenvalue weighted by Crippen LogP contribution is 2.18. The summed E-state index contributed by atoms with van der Waals surface area (Å²) >= 11 is 0. The first-order chi connectivity index (χ1) is 10.6. The topological polar surface area (TPSA) is 50.4 Å². The van der Waals surface area contributed by atoms with E-state index >= 15 is 0 Å². The minimum atomic E-state index is 0.0279. The monoisotopic (exact) mass is 304 g/mol. The van der Waals surface area contributed by atoms with Crippen molar-refractivity contribution in [2.24, 2.45) is 5.92 Å². The number of carbonyl (C=O) groups is 1. The Bertz CT molecular complexity index is 470. The molecule has 0 aromatic heterocycles. The lowest BCUT2D eigenvalue weighted by atomic mass is 9.93. The Kier molecular flexibility index (Phi) is 6.72. The Balaban J connectivity index is 1.64. The predicted molar refractivity (Wildman–Crippen MR) is 89.1 cm³/mol. The number of amides is 1. The van der Waals surface area contributed by atoms with Gasteiger partial charge in [0.1, 0.15) is 12.4 Å². The minimum absolute atomic E-state index is 0.0279. The van der Waals surface area contributed by atoms with Crippen molar-refractivity contribution in [2.45, 2.75) is 45.6 Å². The van der Waals surface area contributed by atoms with Crippen molar-refractivity contribution in [3.8, 4) is 5.75 Å². The van der Waals surface area contributed by atoms with Gasteiger partial charge in [-0.3, -0.25) is 4.79 Å². The highest BCUT2D eigenvalue weighted by atomic mass is 16.5. The molecule has 4 nitrogen and oxygen atoms in total. The van der Waals surface area contributed by atoms with E-state index in [0.29, 0.717) is 18.9 Å². The molecule has 0 aliphatic carbocycles. The van der Waals surface area contributed by atoms with Gasteiger partial charge < -0.3 is 15.4 Å². The number of rotatable bonds is 7. The number of hydrogen-bond donors (Lipinski definition) is 2. The van der Waals surface area contributed by atoms with Gasteiger partial charge in [-0.2, -0.15) is 0 Å². The van der Waals surface area contributed by atoms with E-state index in [-0.39, 0.29) is 11.9 Å². The molecule has 1 aromatic carbocycles. The van der Waals surface area contributed by atoms with Crippen LogP contribution in [0.15, 0.2) is 24.3 Å². The van der Waals surface area contributed by atoms with E-state index < -0.39 is 0 Å². The number of benzene rings is 1. The van der Waals surface area contributed by atoms with Crippen molar-refractivity contribution in [3.63, 3.8) is 0 Å². The molecular formula is C18H28N2O2. The fourth-order valence-corrected chi connectivity index (χ4v) is 2.83. The highest BCUT2D eigenvalue weighted by Gasteiger charge is 2.15. The number of nitrogens with one attached hydrogen (secondary N) is 2. The van der Waals surface area contributed by atoms with Crippen LogP contribution in [-0.2, 0) is 4.79 Å². The molecule has 0 spiro atoms. The zero-order valence-corrected chi connectivity index (χ0v) is 13.7. The standard InChI is InChI=1S/C18H28N2O2/c1-14-5-3-4-6-17(14)22-13-15(2)20-18(21)8-7-16-9-11-19-12-10-16/h3-6,15-16,19H,7-13H2,1-2H3,(H,20,21)/t15-/m0/s1. The third-order valence-corrected chi connectivity index (χ3v) is 4.23. The molecule has 1 heterocycles. The Morgan fingerprint density at radius 1 is 1.36 bits per heavy atom. The van der Waals surface area contributed by atoms with Crippen LogP contribution in [0.1, 0.15) is 38.2 Å². The van der Waals surface area contributed by atoms with Crippen molar-refractivity contribution >= 4 is 5.91 Å². The molecule has 0 bridgehead atoms. The van der Waals surface area contributed by atoms with E-state index in [0.717, 1.165) is 30.8 Å². The van der Waals surface area contributed by atoms with E-state index in [9.17, 15) is 4.79 Å². The summed E-state index contributed by atoms with van der Waals surface area (Å²) in [4.78, 5) is 12.0. The fourth-order valence-electron chi connectivity index (χ4n) is 2.83. The third-order valence-electron chi connectivity index (χ3n) is 4.23. The zero-order valence-electron chi connectivity index (χ0n) is 13.7. The van der Waals surface area contributed by atoms with Gasteiger partial charge in [0.15, 0.2) is 0 Å². The molecule has 1 saturated heterocycles. The summed E-state index contributed by atoms with van der Waals surface area (Å²) in [5.74, 6) is 1.73. The van der Waals surface area contributed by atoms with E-state index in [1.54, 1.807) is 0 Å². The third kappa shape index (κ3) is 5.68. The molecule has 0 unspecified atom stereocenters. The van der Waals surface area contributed by atoms with Crippen LogP contribution in [0.5, 0.6) is 5.75 Å². The molecule has 122 valence electrons. The van der Waals surface area contributed by atoms with Gasteiger partial charge in [-0.05, 0) is 63.7 Å². The first kappa shape index (κ1) is 16.8. The van der Waals surface area contributed by atoms with Crippen molar-refractivity contribution in [1.82, 2.24) is 10.6 Å². The fraction of sp³-hybridized carbons (Fsp3) is 0.611. The van der Waals surface area contributed by atoms with Crippen LogP contribution in [0.25, 0.3) is 0 Å². The van der Waals surface area contributed by atoms with Crippen LogP contribution >= 0.6 is 0 Å². The molecule has 22 heavy (non-hydrogen) atoms. The molecule has 0 saturated carbocycles. The molecule has 1 aliphatic heterocycles. The largest absolute Gasteiger partial charge is 0.491 e. The van der Waals surface area contributed by atoms with Gasteiger partial charge in [0, 0.05) is 6.42 Å². The lowest BCUT2D eigenvalue weighted by Crippen LogP contribution is -2.37. The van der Waals surface area contributed by atoms with Crippen LogP contribution in [0.4, 0.5) is 0 Å². The second kappa shape index (κ2) is 8.79. The molecule has 1 atom stereocenters. The molecule has 1 fully saturated rings. The van der Waals surface area contributed by atoms with E-state index in [4.69, 9.17) is 4.74 Å². The van der Waals surface area contributed by atoms with Gasteiger partial charge in [-0.25, -0.2) is 0 Å². The van der Waals surface area contributed by atoms with Crippen LogP contribution in [0, 0.1) is 12.8 Å². The number of piperidine rings is 1. The Morgan fingerprint density at radius 3 is 2.82 bits per heavy atom. The quantitative estimate of drug-likeness (QED) is 0.814. The average molecular weight is 304 g/mol. The van der Waals surface area contributed by atoms with Crippen LogP contribution in [-0.4, -0.2) is 31.6 Å². The molecule has 2 N–H and O–H groups in total. The van der Waals surface area contributed by atoms with Crippen molar-refractivity contribution < 1.29 is 9.53 Å². The average Bonchev–Trinajstić information content (AvgIpc) is 2.53. The van der Waals surface area contributed by atoms with Gasteiger partial charge >= 0.3 is 0 Å². The van der Waals surface area contributed by atoms with Gasteiger partial charge in [0.2, 0.25) is 5.91 Å². The second-order valence-electron chi connectivity index (χ2n) is 6.28. The maximum atomic E-state index is 12.0. The first-order valence-corrected chi connectivity index (χ1v) is 8.33. The lowest BCUT2D eigenvalue weighted by molar-refractivity contribution is -0.122. The number of carbonyl (C=O) groups excluding carboxylic acids is 1. The molecule has 2 rings (SSSR count). The summed E-state index contributed by atoms with van der Waals surface area (Å²) in [7, 11) is 0. The van der Waals surface area contributed by atoms with E-state index in [1.807, 2.05) is 38.1 Å². The summed E-state index contributed by atoms with van der Waals surface area (Å²) in [6.45, 7) is 6.70. The number of ether oxygens (including phenoxy) is 1. The van der Waals surface area contributed by atoms with Gasteiger partial charge in [-0.1, -0.05) is 18.2 Å². The zero-order chi connectivity index (χ0) is 15.8. The molecule has 1 amide bonds. The van der Waals surface area contributed by atoms with Crippen molar-refractivity contribution in [2.75, 3.05) is 19.7 Å². The number of para-hydroxylation sites is 1. The molecule has 0 radical (unpaired) electrons. The van der Waals surface area contributed by atoms with Crippen molar-refractivity contribution in [3.05, 3.63) is 29.8 Å². The lowest BCUT2D eigenvalue weighted by Gasteiger charge is -2.22. The minimum Gasteiger partial charge on any atom is -0.491 e. The number of hydrogen-bond acceptors (Lipinski definition) is 3. The second-order valence-corrected chi connectivity index (χ2v) is 6.28. The van der Waals surface area contributed by atoms with E-state index in [1.165, 1.54) is 12.8 Å². The predicted octanol–water partition coefficient (Wildman–Crippen LogP) is 2.66. The maximum Gasteiger partial charge on any atom is 0.220 e. The van der Waals surface area contributed by atoms with Crippen LogP contribution < -0.4 is 15.4 Å². The summed E-state index contributed by atoms with van der Waals surface area (Å²) in [5, 5.41) is 6.38. The smallest absolute Gasteiger partial charge is 0.220 e. The normalized spacial score (nSPS) is 17.0. The summed E-state index contributed by atoms with van der Waals surface area (Å²) in [6.07, 6.45) is 4.01. The maximum absolute atomic E-state index is 12.0. The Morgan fingerprint density at radius 2 is 2.09 bits per heavy atom. The Labute approximate surface area is 133 Å². The van der Waals surface area contributed by atoms with Crippen molar-refractivity contribution in [1.29, 1.82) is 0 Å². The highest BCUT2D eigenvalue weighted by molar-refractivity contribution is 5.76. The molecular weight excluding hydrogens is 276 g/mol. The molecule has 1 aliphatic rings. The van der Waals surface area contributed by atoms with Crippen LogP contribution in [0.3, 0.4) is 0 Å². The van der Waals surface area contributed by atoms with Crippen LogP contribution in [0.2, 0.25) is 0 Å². The van der Waals surface area contributed by atoms with Gasteiger partial charge in [0.25, 0.3) is 0 Å². The molecule has 4 heteroatoms. The summed E-state index contributed by atoms with van der Waals surface area (Å²) in [5.41, 5.74) is 1.12. The number of aryl methyl sites for hydroxylation is 1. The van der Waals surface area contributed by atoms with Gasteiger partial charge in [0.05, 0.1) is 6.04 Å². The summed E-state index contributed by atoms with van der Waals surface area (Å²) < 4.78 is 5.77. The first-order valence-electron chi connectivity index (χ1n) is 8.33. The van der Waals surface area contributed by atoms with Gasteiger partial charge in [-0.15, -0.1) is 0 Å². The van der Waals surface area contributed by atoms with E-state index in [2.05, 4.69) is 10.6 Å². The summed E-state index contributed by atoms with van der Waals surface area (Å²) in [6, 6.07) is 7.97. The Hall–Kier alpha value is -1.55. The molecule has 1 aromatic rings. The SMILES string of the molecule is Cc1ccccc1OC[C@H](C)NC(=O)CCC1CCNCC1.